The van der Waals surface area contributed by atoms with E-state index in [9.17, 15) is 0 Å². The number of fused-ring (bicyclic) bond motifs is 3. The summed E-state index contributed by atoms with van der Waals surface area (Å²) in [6.07, 6.45) is 14.9. The summed E-state index contributed by atoms with van der Waals surface area (Å²) in [6, 6.07) is 14.0. The van der Waals surface area contributed by atoms with Gasteiger partial charge in [-0.3, -0.25) is 0 Å². The van der Waals surface area contributed by atoms with Gasteiger partial charge in [0.2, 0.25) is 5.69 Å². The normalized spacial score (nSPS) is 20.4. The molecule has 0 saturated heterocycles. The van der Waals surface area contributed by atoms with Gasteiger partial charge in [-0.25, -0.2) is 4.57 Å². The first-order valence-corrected chi connectivity index (χ1v) is 14.4. The van der Waals surface area contributed by atoms with E-state index in [1.54, 1.807) is 5.56 Å². The average molecular weight is 479 g/mol. The molecule has 1 nitrogen and oxygen atoms in total. The monoisotopic (exact) mass is 478 g/mol. The molecule has 2 aromatic carbocycles. The Hall–Kier alpha value is -2.41. The van der Waals surface area contributed by atoms with Crippen molar-refractivity contribution < 1.29 is 4.57 Å². The van der Waals surface area contributed by atoms with Gasteiger partial charge in [0, 0.05) is 11.6 Å². The van der Waals surface area contributed by atoms with Gasteiger partial charge in [-0.1, -0.05) is 44.2 Å². The van der Waals surface area contributed by atoms with Gasteiger partial charge < -0.3 is 0 Å². The maximum absolute atomic E-state index is 2.50. The average Bonchev–Trinajstić information content (AvgIpc) is 3.23. The molecule has 188 valence electrons. The van der Waals surface area contributed by atoms with Crippen LogP contribution in [-0.2, 0) is 13.5 Å². The first kappa shape index (κ1) is 24.0. The Bertz CT molecular complexity index is 1320. The van der Waals surface area contributed by atoms with Crippen LogP contribution >= 0.6 is 0 Å². The second kappa shape index (κ2) is 8.57. The number of aromatic nitrogens is 1. The number of hydrogen-bond acceptors (Lipinski definition) is 0. The predicted octanol–water partition coefficient (Wildman–Crippen LogP) is 8.92. The maximum atomic E-state index is 2.50. The van der Waals surface area contributed by atoms with Gasteiger partial charge in [-0.2, -0.15) is 0 Å². The summed E-state index contributed by atoms with van der Waals surface area (Å²) in [6.45, 7) is 11.9. The third-order valence-electron chi connectivity index (χ3n) is 10.4. The molecule has 0 unspecified atom stereocenters. The number of rotatable bonds is 2. The van der Waals surface area contributed by atoms with Crippen LogP contribution < -0.4 is 4.57 Å². The van der Waals surface area contributed by atoms with Crippen LogP contribution in [0.4, 0.5) is 0 Å². The lowest BCUT2D eigenvalue weighted by Crippen LogP contribution is -2.36. The smallest absolute Gasteiger partial charge is 0.201 e. The van der Waals surface area contributed by atoms with Crippen molar-refractivity contribution in [3.63, 3.8) is 0 Å². The van der Waals surface area contributed by atoms with Crippen molar-refractivity contribution in [1.82, 2.24) is 0 Å². The molecule has 3 aliphatic rings. The van der Waals surface area contributed by atoms with Crippen molar-refractivity contribution in [2.45, 2.75) is 98.3 Å². The van der Waals surface area contributed by atoms with Crippen LogP contribution in [0.2, 0.25) is 0 Å². The van der Waals surface area contributed by atoms with E-state index in [0.29, 0.717) is 10.8 Å². The predicted molar refractivity (Wildman–Crippen MR) is 151 cm³/mol. The highest BCUT2D eigenvalue weighted by atomic mass is 14.9. The molecule has 0 aliphatic heterocycles. The summed E-state index contributed by atoms with van der Waals surface area (Å²) >= 11 is 0. The Morgan fingerprint density at radius 1 is 0.778 bits per heavy atom. The number of benzene rings is 2. The molecule has 0 amide bonds. The highest BCUT2D eigenvalue weighted by Crippen LogP contribution is 2.55. The molecule has 2 fully saturated rings. The molecule has 1 spiro atoms. The van der Waals surface area contributed by atoms with Crippen LogP contribution in [-0.4, -0.2) is 0 Å². The van der Waals surface area contributed by atoms with Crippen molar-refractivity contribution in [3.05, 3.63) is 76.0 Å². The molecule has 0 atom stereocenters. The third kappa shape index (κ3) is 3.94. The minimum atomic E-state index is 0.568. The van der Waals surface area contributed by atoms with Crippen LogP contribution in [0.15, 0.2) is 42.6 Å². The van der Waals surface area contributed by atoms with Crippen molar-refractivity contribution in [1.29, 1.82) is 0 Å². The number of aryl methyl sites for hydroxylation is 4. The summed E-state index contributed by atoms with van der Waals surface area (Å²) in [5.74, 6) is 0.723. The fraction of sp³-hybridized carbons (Fsp3) is 0.514. The SMILES string of the molecule is Cc1cc(-c2c(C)ccc3c2Cc2cccc(C)c2-3)[n+](C)cc1C1CCC2(CC1)CCC(C)(C)CC2. The molecule has 1 heterocycles. The van der Waals surface area contributed by atoms with E-state index in [-0.39, 0.29) is 0 Å². The van der Waals surface area contributed by atoms with Crippen molar-refractivity contribution in [2.75, 3.05) is 0 Å². The summed E-state index contributed by atoms with van der Waals surface area (Å²) in [7, 11) is 2.28. The lowest BCUT2D eigenvalue weighted by molar-refractivity contribution is -0.661. The molecular formula is C35H44N+. The Kier molecular flexibility index (Phi) is 5.71. The van der Waals surface area contributed by atoms with Crippen LogP contribution in [0, 0.1) is 31.6 Å². The fourth-order valence-electron chi connectivity index (χ4n) is 7.94. The van der Waals surface area contributed by atoms with E-state index in [0.717, 1.165) is 12.3 Å². The molecular weight excluding hydrogens is 434 g/mol. The topological polar surface area (TPSA) is 3.88 Å². The Morgan fingerprint density at radius 3 is 2.19 bits per heavy atom. The van der Waals surface area contributed by atoms with E-state index in [2.05, 4.69) is 88.8 Å². The minimum Gasteiger partial charge on any atom is -0.201 e. The van der Waals surface area contributed by atoms with Gasteiger partial charge in [0.05, 0.1) is 5.56 Å². The first-order chi connectivity index (χ1) is 17.2. The van der Waals surface area contributed by atoms with Gasteiger partial charge in [0.15, 0.2) is 6.20 Å². The summed E-state index contributed by atoms with van der Waals surface area (Å²) in [5.41, 5.74) is 15.8. The van der Waals surface area contributed by atoms with E-state index in [4.69, 9.17) is 0 Å². The van der Waals surface area contributed by atoms with Gasteiger partial charge >= 0.3 is 0 Å². The third-order valence-corrected chi connectivity index (χ3v) is 10.4. The standard InChI is InChI=1S/C35H44N/c1-23-8-7-9-27-21-29-28(32(23)27)11-10-24(2)33(29)31-20-25(3)30(22-36(31)6)26-12-14-35(15-13-26)18-16-34(4,5)17-19-35/h7-11,20,22,26H,12-19,21H2,1-6H3/q+1. The highest BCUT2D eigenvalue weighted by Gasteiger charge is 2.41. The first-order valence-electron chi connectivity index (χ1n) is 14.4. The maximum Gasteiger partial charge on any atom is 0.213 e. The van der Waals surface area contributed by atoms with Crippen molar-refractivity contribution in [3.8, 4) is 22.4 Å². The molecule has 6 rings (SSSR count). The summed E-state index contributed by atoms with van der Waals surface area (Å²) < 4.78 is 2.44. The number of nitrogens with zero attached hydrogens (tertiary/aromatic N) is 1. The Balaban J connectivity index is 1.30. The Morgan fingerprint density at radius 2 is 1.47 bits per heavy atom. The van der Waals surface area contributed by atoms with Gasteiger partial charge in [0.25, 0.3) is 0 Å². The van der Waals surface area contributed by atoms with Crippen LogP contribution in [0.5, 0.6) is 0 Å². The molecule has 0 radical (unpaired) electrons. The zero-order valence-electron chi connectivity index (χ0n) is 23.4. The van der Waals surface area contributed by atoms with E-state index < -0.39 is 0 Å². The largest absolute Gasteiger partial charge is 0.213 e. The number of hydrogen-bond donors (Lipinski definition) is 0. The molecule has 3 aromatic rings. The van der Waals surface area contributed by atoms with Crippen LogP contribution in [0.25, 0.3) is 22.4 Å². The molecule has 1 heteroatoms. The number of pyridine rings is 1. The van der Waals surface area contributed by atoms with E-state index >= 15 is 0 Å². The molecule has 3 aliphatic carbocycles. The van der Waals surface area contributed by atoms with Gasteiger partial charge in [-0.15, -0.1) is 0 Å². The minimum absolute atomic E-state index is 0.568. The van der Waals surface area contributed by atoms with Crippen molar-refractivity contribution >= 4 is 0 Å². The molecule has 2 saturated carbocycles. The van der Waals surface area contributed by atoms with Crippen LogP contribution in [0.3, 0.4) is 0 Å². The van der Waals surface area contributed by atoms with Gasteiger partial charge in [0.1, 0.15) is 7.05 Å². The van der Waals surface area contributed by atoms with E-state index in [1.165, 1.54) is 102 Å². The van der Waals surface area contributed by atoms with E-state index in [1.807, 2.05) is 0 Å². The second-order valence-electron chi connectivity index (χ2n) is 13.4. The summed E-state index contributed by atoms with van der Waals surface area (Å²) in [4.78, 5) is 0. The lowest BCUT2D eigenvalue weighted by atomic mass is 9.58. The van der Waals surface area contributed by atoms with Crippen molar-refractivity contribution in [2.24, 2.45) is 17.9 Å². The lowest BCUT2D eigenvalue weighted by Gasteiger charge is -2.47. The highest BCUT2D eigenvalue weighted by molar-refractivity contribution is 5.86. The molecule has 0 N–H and O–H groups in total. The molecule has 1 aromatic heterocycles. The molecule has 0 bridgehead atoms. The molecule has 36 heavy (non-hydrogen) atoms. The van der Waals surface area contributed by atoms with Crippen LogP contribution in [0.1, 0.15) is 105 Å². The zero-order valence-corrected chi connectivity index (χ0v) is 23.4. The zero-order chi connectivity index (χ0) is 25.2. The second-order valence-corrected chi connectivity index (χ2v) is 13.4. The Labute approximate surface area is 219 Å². The summed E-state index contributed by atoms with van der Waals surface area (Å²) in [5, 5.41) is 0. The fourth-order valence-corrected chi connectivity index (χ4v) is 7.94. The quantitative estimate of drug-likeness (QED) is 0.253. The van der Waals surface area contributed by atoms with Gasteiger partial charge in [-0.05, 0) is 134 Å².